The van der Waals surface area contributed by atoms with Gasteiger partial charge in [-0.05, 0) is 30.3 Å². The Kier molecular flexibility index (Phi) is 3.54. The number of aromatic nitrogens is 3. The van der Waals surface area contributed by atoms with Crippen LogP contribution in [-0.2, 0) is 0 Å². The Hall–Kier alpha value is -2.80. The molecule has 2 heterocycles. The van der Waals surface area contributed by atoms with Crippen molar-refractivity contribution in [1.82, 2.24) is 14.5 Å². The van der Waals surface area contributed by atoms with E-state index in [1.807, 2.05) is 18.2 Å². The second-order valence-electron chi connectivity index (χ2n) is 5.29. The minimum atomic E-state index is -4.76. The number of nitrogens with zero attached hydrogens (tertiary/aromatic N) is 3. The van der Waals surface area contributed by atoms with Crippen LogP contribution >= 0.6 is 11.6 Å². The molecule has 0 saturated heterocycles. The second kappa shape index (κ2) is 5.63. The molecule has 0 aliphatic carbocycles. The Labute approximate surface area is 144 Å². The molecule has 4 aromatic rings. The molecule has 0 aliphatic heterocycles. The Morgan fingerprint density at radius 2 is 1.88 bits per heavy atom. The zero-order valence-corrected chi connectivity index (χ0v) is 13.2. The van der Waals surface area contributed by atoms with Crippen LogP contribution in [0.1, 0.15) is 0 Å². The second-order valence-corrected chi connectivity index (χ2v) is 5.70. The molecule has 0 unspecified atom stereocenters. The first-order chi connectivity index (χ1) is 11.9. The molecular formula is C17H9ClF3N3O. The van der Waals surface area contributed by atoms with Crippen molar-refractivity contribution in [1.29, 1.82) is 0 Å². The predicted octanol–water partition coefficient (Wildman–Crippen LogP) is 5.13. The minimum absolute atomic E-state index is 0.319. The number of alkyl halides is 3. The van der Waals surface area contributed by atoms with Crippen molar-refractivity contribution >= 4 is 33.5 Å². The van der Waals surface area contributed by atoms with Crippen molar-refractivity contribution < 1.29 is 17.9 Å². The fraction of sp³-hybridized carbons (Fsp3) is 0.0588. The lowest BCUT2D eigenvalue weighted by Crippen LogP contribution is -2.17. The quantitative estimate of drug-likeness (QED) is 0.496. The summed E-state index contributed by atoms with van der Waals surface area (Å²) in [5, 5.41) is 1.35. The molecule has 126 valence electrons. The van der Waals surface area contributed by atoms with Gasteiger partial charge in [0, 0.05) is 11.5 Å². The van der Waals surface area contributed by atoms with Crippen LogP contribution in [0, 0.1) is 0 Å². The van der Waals surface area contributed by atoms with Crippen LogP contribution in [-0.4, -0.2) is 20.9 Å². The standard InChI is InChI=1S/C17H9ClF3N3O/c18-12-3-1-2-10-4-7-15(23-16(10)12)24-9-22-13-6-5-11(8-14(13)24)25-17(19,20)21/h1-9H. The van der Waals surface area contributed by atoms with Crippen molar-refractivity contribution in [2.75, 3.05) is 0 Å². The maximum absolute atomic E-state index is 12.4. The van der Waals surface area contributed by atoms with Crippen LogP contribution in [0.25, 0.3) is 27.8 Å². The lowest BCUT2D eigenvalue weighted by atomic mass is 10.2. The highest BCUT2D eigenvalue weighted by atomic mass is 35.5. The average Bonchev–Trinajstić information content (AvgIpc) is 2.97. The van der Waals surface area contributed by atoms with Crippen molar-refractivity contribution in [3.63, 3.8) is 0 Å². The lowest BCUT2D eigenvalue weighted by molar-refractivity contribution is -0.274. The Balaban J connectivity index is 1.86. The molecule has 0 radical (unpaired) electrons. The van der Waals surface area contributed by atoms with Crippen LogP contribution in [0.3, 0.4) is 0 Å². The third kappa shape index (κ3) is 2.98. The van der Waals surface area contributed by atoms with E-state index in [1.54, 1.807) is 16.7 Å². The van der Waals surface area contributed by atoms with Crippen molar-refractivity contribution in [3.8, 4) is 11.6 Å². The van der Waals surface area contributed by atoms with Gasteiger partial charge in [-0.3, -0.25) is 4.57 Å². The zero-order chi connectivity index (χ0) is 17.6. The zero-order valence-electron chi connectivity index (χ0n) is 12.5. The summed E-state index contributed by atoms with van der Waals surface area (Å²) >= 11 is 6.17. The van der Waals surface area contributed by atoms with Crippen molar-refractivity contribution in [2.24, 2.45) is 0 Å². The number of para-hydroxylation sites is 1. The highest BCUT2D eigenvalue weighted by molar-refractivity contribution is 6.35. The van der Waals surface area contributed by atoms with Gasteiger partial charge in [-0.2, -0.15) is 0 Å². The van der Waals surface area contributed by atoms with E-state index in [2.05, 4.69) is 14.7 Å². The summed E-state index contributed by atoms with van der Waals surface area (Å²) in [4.78, 5) is 8.69. The molecule has 0 aliphatic rings. The summed E-state index contributed by atoms with van der Waals surface area (Å²) in [5.74, 6) is 0.174. The molecule has 0 spiro atoms. The number of hydrogen-bond acceptors (Lipinski definition) is 3. The van der Waals surface area contributed by atoms with Crippen molar-refractivity contribution in [3.05, 3.63) is 59.9 Å². The van der Waals surface area contributed by atoms with Crippen LogP contribution in [0.4, 0.5) is 13.2 Å². The molecule has 0 N–H and O–H groups in total. The van der Waals surface area contributed by atoms with Gasteiger partial charge in [0.25, 0.3) is 0 Å². The summed E-state index contributed by atoms with van der Waals surface area (Å²) in [6.45, 7) is 0. The molecule has 0 atom stereocenters. The van der Waals surface area contributed by atoms with E-state index in [0.29, 0.717) is 27.4 Å². The summed E-state index contributed by atoms with van der Waals surface area (Å²) in [6.07, 6.45) is -3.26. The van der Waals surface area contributed by atoms with Gasteiger partial charge in [-0.15, -0.1) is 13.2 Å². The van der Waals surface area contributed by atoms with E-state index in [0.717, 1.165) is 5.39 Å². The SMILES string of the molecule is FC(F)(F)Oc1ccc2ncn(-c3ccc4cccc(Cl)c4n3)c2c1. The van der Waals surface area contributed by atoms with Crippen LogP contribution in [0.2, 0.25) is 5.02 Å². The predicted molar refractivity (Wildman–Crippen MR) is 88.1 cm³/mol. The fourth-order valence-corrected chi connectivity index (χ4v) is 2.83. The number of imidazole rings is 1. The van der Waals surface area contributed by atoms with Gasteiger partial charge in [0.05, 0.1) is 21.6 Å². The van der Waals surface area contributed by atoms with E-state index in [9.17, 15) is 13.2 Å². The molecule has 0 saturated carbocycles. The van der Waals surface area contributed by atoms with E-state index in [4.69, 9.17) is 11.6 Å². The number of pyridine rings is 1. The molecule has 25 heavy (non-hydrogen) atoms. The lowest BCUT2D eigenvalue weighted by Gasteiger charge is -2.10. The number of ether oxygens (including phenoxy) is 1. The smallest absolute Gasteiger partial charge is 0.406 e. The number of fused-ring (bicyclic) bond motifs is 2. The first-order valence-electron chi connectivity index (χ1n) is 7.19. The van der Waals surface area contributed by atoms with E-state index in [-0.39, 0.29) is 5.75 Å². The molecule has 0 fully saturated rings. The summed E-state index contributed by atoms with van der Waals surface area (Å²) in [6, 6.07) is 13.0. The Morgan fingerprint density at radius 3 is 2.68 bits per heavy atom. The number of rotatable bonds is 2. The van der Waals surface area contributed by atoms with E-state index >= 15 is 0 Å². The molecule has 8 heteroatoms. The van der Waals surface area contributed by atoms with Crippen LogP contribution in [0.5, 0.6) is 5.75 Å². The Bertz CT molecular complexity index is 1090. The minimum Gasteiger partial charge on any atom is -0.406 e. The maximum Gasteiger partial charge on any atom is 0.573 e. The number of halogens is 4. The van der Waals surface area contributed by atoms with Gasteiger partial charge in [0.2, 0.25) is 0 Å². The normalized spacial score (nSPS) is 12.0. The summed E-state index contributed by atoms with van der Waals surface area (Å²) in [7, 11) is 0. The first-order valence-corrected chi connectivity index (χ1v) is 7.57. The van der Waals surface area contributed by atoms with E-state index < -0.39 is 6.36 Å². The molecular weight excluding hydrogens is 355 g/mol. The summed E-state index contributed by atoms with van der Waals surface area (Å²) < 4.78 is 42.9. The third-order valence-corrected chi connectivity index (χ3v) is 3.96. The highest BCUT2D eigenvalue weighted by Crippen LogP contribution is 2.28. The van der Waals surface area contributed by atoms with E-state index in [1.165, 1.54) is 24.5 Å². The Morgan fingerprint density at radius 1 is 1.04 bits per heavy atom. The van der Waals surface area contributed by atoms with Gasteiger partial charge in [-0.1, -0.05) is 23.7 Å². The monoisotopic (exact) mass is 363 g/mol. The largest absolute Gasteiger partial charge is 0.573 e. The highest BCUT2D eigenvalue weighted by Gasteiger charge is 2.31. The molecule has 2 aromatic carbocycles. The number of benzene rings is 2. The molecule has 4 nitrogen and oxygen atoms in total. The van der Waals surface area contributed by atoms with Gasteiger partial charge in [-0.25, -0.2) is 9.97 Å². The van der Waals surface area contributed by atoms with Gasteiger partial charge in [0.15, 0.2) is 0 Å². The topological polar surface area (TPSA) is 39.9 Å². The van der Waals surface area contributed by atoms with Gasteiger partial charge >= 0.3 is 6.36 Å². The molecule has 2 aromatic heterocycles. The molecule has 4 rings (SSSR count). The average molecular weight is 364 g/mol. The fourth-order valence-electron chi connectivity index (χ4n) is 2.60. The maximum atomic E-state index is 12.4. The van der Waals surface area contributed by atoms with Gasteiger partial charge < -0.3 is 4.74 Å². The third-order valence-electron chi connectivity index (χ3n) is 3.66. The summed E-state index contributed by atoms with van der Waals surface area (Å²) in [5.41, 5.74) is 1.57. The van der Waals surface area contributed by atoms with Gasteiger partial charge in [0.1, 0.15) is 17.9 Å². The van der Waals surface area contributed by atoms with Crippen molar-refractivity contribution in [2.45, 2.75) is 6.36 Å². The van der Waals surface area contributed by atoms with Crippen LogP contribution in [0.15, 0.2) is 54.9 Å². The first kappa shape index (κ1) is 15.7. The van der Waals surface area contributed by atoms with Crippen LogP contribution < -0.4 is 4.74 Å². The molecule has 0 bridgehead atoms. The number of hydrogen-bond donors (Lipinski definition) is 0. The molecule has 0 amide bonds.